The highest BCUT2D eigenvalue weighted by molar-refractivity contribution is 7.80. The number of rotatable bonds is 8. The quantitative estimate of drug-likeness (QED) is 0.241. The predicted octanol–water partition coefficient (Wildman–Crippen LogP) is -2.58. The fourth-order valence-electron chi connectivity index (χ4n) is 1.25. The van der Waals surface area contributed by atoms with Crippen LogP contribution in [0.3, 0.4) is 0 Å². The summed E-state index contributed by atoms with van der Waals surface area (Å²) in [6, 6.07) is -1.75. The molecule has 0 rings (SSSR count). The van der Waals surface area contributed by atoms with Crippen LogP contribution in [0.5, 0.6) is 0 Å². The van der Waals surface area contributed by atoms with Gasteiger partial charge in [-0.25, -0.2) is 0 Å². The van der Waals surface area contributed by atoms with Crippen molar-refractivity contribution >= 4 is 18.6 Å². The topological polar surface area (TPSA) is 130 Å². The molecule has 0 saturated heterocycles. The molecule has 0 fully saturated rings. The molecule has 0 saturated carbocycles. The number of aliphatic hydroxyl groups excluding tert-OH is 4. The lowest BCUT2D eigenvalue weighted by molar-refractivity contribution is -0.139. The molecule has 0 aromatic carbocycles. The lowest BCUT2D eigenvalue weighted by Gasteiger charge is -2.28. The van der Waals surface area contributed by atoms with E-state index in [1.165, 1.54) is 6.92 Å². The molecule has 17 heavy (non-hydrogen) atoms. The molecule has 0 heterocycles. The molecule has 0 aromatic heterocycles. The molecule has 0 radical (unpaired) electrons. The number of nitrogens with one attached hydrogen (secondary N) is 1. The van der Waals surface area contributed by atoms with Gasteiger partial charge in [0, 0.05) is 11.8 Å². The zero-order valence-electron chi connectivity index (χ0n) is 9.39. The molecule has 0 aliphatic heterocycles. The second kappa shape index (κ2) is 7.85. The van der Waals surface area contributed by atoms with E-state index < -0.39 is 43.0 Å². The Hall–Kier alpha value is -0.380. The molecule has 0 amide bonds. The Morgan fingerprint density at radius 3 is 2.18 bits per heavy atom. The first kappa shape index (κ1) is 16.6. The van der Waals surface area contributed by atoms with Gasteiger partial charge < -0.3 is 25.5 Å². The number of aliphatic carboxylic acids is 1. The van der Waals surface area contributed by atoms with Gasteiger partial charge in [-0.1, -0.05) is 0 Å². The minimum atomic E-state index is -1.56. The summed E-state index contributed by atoms with van der Waals surface area (Å²) in [7, 11) is 0. The summed E-state index contributed by atoms with van der Waals surface area (Å²) in [6.07, 6.45) is -4.44. The van der Waals surface area contributed by atoms with E-state index in [1.807, 2.05) is 0 Å². The Morgan fingerprint density at radius 1 is 1.29 bits per heavy atom. The zero-order valence-corrected chi connectivity index (χ0v) is 10.3. The maximum Gasteiger partial charge on any atom is 0.321 e. The van der Waals surface area contributed by atoms with Crippen LogP contribution in [-0.2, 0) is 4.79 Å². The summed E-state index contributed by atoms with van der Waals surface area (Å²) in [5, 5.41) is 48.1. The summed E-state index contributed by atoms with van der Waals surface area (Å²) in [5.74, 6) is -1.11. The van der Waals surface area contributed by atoms with Crippen molar-refractivity contribution in [1.29, 1.82) is 0 Å². The highest BCUT2D eigenvalue weighted by Crippen LogP contribution is 2.06. The number of carbonyl (C=O) groups is 1. The first-order valence-corrected chi connectivity index (χ1v) is 5.73. The Labute approximate surface area is 104 Å². The summed E-state index contributed by atoms with van der Waals surface area (Å²) in [6.45, 7) is 0.761. The summed E-state index contributed by atoms with van der Waals surface area (Å²) in [5.41, 5.74) is 0. The van der Waals surface area contributed by atoms with Crippen LogP contribution in [0.15, 0.2) is 0 Å². The molecule has 102 valence electrons. The Balaban J connectivity index is 4.38. The first-order valence-electron chi connectivity index (χ1n) is 5.09. The van der Waals surface area contributed by atoms with Crippen molar-refractivity contribution in [1.82, 2.24) is 5.32 Å². The SMILES string of the molecule is C[C@@H](N[C@@H](CS)C(=O)O)[C@@H](O)[C@H](O)[C@H](O)CO. The summed E-state index contributed by atoms with van der Waals surface area (Å²) in [4.78, 5) is 10.7. The van der Waals surface area contributed by atoms with Crippen molar-refractivity contribution in [3.05, 3.63) is 0 Å². The van der Waals surface area contributed by atoms with E-state index in [1.54, 1.807) is 0 Å². The number of thiol groups is 1. The fraction of sp³-hybridized carbons (Fsp3) is 0.889. The van der Waals surface area contributed by atoms with E-state index in [2.05, 4.69) is 17.9 Å². The maximum absolute atomic E-state index is 10.7. The van der Waals surface area contributed by atoms with Crippen LogP contribution < -0.4 is 5.32 Å². The highest BCUT2D eigenvalue weighted by Gasteiger charge is 2.30. The average molecular weight is 269 g/mol. The van der Waals surface area contributed by atoms with Crippen molar-refractivity contribution in [2.75, 3.05) is 12.4 Å². The van der Waals surface area contributed by atoms with Crippen molar-refractivity contribution in [3.63, 3.8) is 0 Å². The molecule has 7 nitrogen and oxygen atoms in total. The number of carboxylic acid groups (broad SMARTS) is 1. The van der Waals surface area contributed by atoms with E-state index in [4.69, 9.17) is 15.3 Å². The van der Waals surface area contributed by atoms with Crippen molar-refractivity contribution in [3.8, 4) is 0 Å². The zero-order chi connectivity index (χ0) is 13.6. The lowest BCUT2D eigenvalue weighted by Crippen LogP contribution is -2.54. The molecule has 0 aromatic rings. The molecule has 0 aliphatic carbocycles. The molecule has 0 aliphatic rings. The molecule has 0 bridgehead atoms. The van der Waals surface area contributed by atoms with Crippen molar-refractivity contribution < 1.29 is 30.3 Å². The van der Waals surface area contributed by atoms with Gasteiger partial charge in [-0.3, -0.25) is 10.1 Å². The van der Waals surface area contributed by atoms with Gasteiger partial charge in [-0.05, 0) is 6.92 Å². The van der Waals surface area contributed by atoms with Crippen molar-refractivity contribution in [2.45, 2.75) is 37.3 Å². The molecule has 0 spiro atoms. The molecule has 6 N–H and O–H groups in total. The second-order valence-corrected chi connectivity index (χ2v) is 4.12. The largest absolute Gasteiger partial charge is 0.480 e. The molecular weight excluding hydrogens is 250 g/mol. The van der Waals surface area contributed by atoms with Gasteiger partial charge in [0.05, 0.1) is 12.7 Å². The third-order valence-electron chi connectivity index (χ3n) is 2.39. The van der Waals surface area contributed by atoms with Crippen LogP contribution in [0.2, 0.25) is 0 Å². The fourth-order valence-corrected chi connectivity index (χ4v) is 1.51. The molecular formula is C9H19NO6S. The van der Waals surface area contributed by atoms with Crippen molar-refractivity contribution in [2.24, 2.45) is 0 Å². The monoisotopic (exact) mass is 269 g/mol. The van der Waals surface area contributed by atoms with E-state index >= 15 is 0 Å². The number of hydrogen-bond acceptors (Lipinski definition) is 7. The molecule has 0 unspecified atom stereocenters. The van der Waals surface area contributed by atoms with Gasteiger partial charge in [0.25, 0.3) is 0 Å². The van der Waals surface area contributed by atoms with Crippen LogP contribution in [0.4, 0.5) is 0 Å². The van der Waals surface area contributed by atoms with Gasteiger partial charge in [-0.15, -0.1) is 0 Å². The average Bonchev–Trinajstić information content (AvgIpc) is 2.32. The van der Waals surface area contributed by atoms with Gasteiger partial charge >= 0.3 is 5.97 Å². The Kier molecular flexibility index (Phi) is 7.68. The minimum Gasteiger partial charge on any atom is -0.480 e. The van der Waals surface area contributed by atoms with E-state index in [0.29, 0.717) is 0 Å². The van der Waals surface area contributed by atoms with Gasteiger partial charge in [0.1, 0.15) is 18.2 Å². The highest BCUT2D eigenvalue weighted by atomic mass is 32.1. The van der Waals surface area contributed by atoms with E-state index in [9.17, 15) is 15.0 Å². The third-order valence-corrected chi connectivity index (χ3v) is 2.75. The van der Waals surface area contributed by atoms with E-state index in [-0.39, 0.29) is 5.75 Å². The van der Waals surface area contributed by atoms with Crippen LogP contribution in [0.25, 0.3) is 0 Å². The third kappa shape index (κ3) is 5.19. The first-order chi connectivity index (χ1) is 7.84. The lowest BCUT2D eigenvalue weighted by atomic mass is 10.0. The summed E-state index contributed by atoms with van der Waals surface area (Å²) < 4.78 is 0. The second-order valence-electron chi connectivity index (χ2n) is 3.76. The normalized spacial score (nSPS) is 20.4. The minimum absolute atomic E-state index is 0.0189. The number of hydrogen-bond donors (Lipinski definition) is 7. The standard InChI is InChI=1S/C9H19NO6S/c1-4(10-5(3-17)9(15)16)7(13)8(14)6(12)2-11/h4-8,10-14,17H,2-3H2,1H3,(H,15,16)/t4-,5+,6-,7-,8-/m1/s1. The van der Waals surface area contributed by atoms with Crippen LogP contribution >= 0.6 is 12.6 Å². The van der Waals surface area contributed by atoms with Crippen LogP contribution in [0, 0.1) is 0 Å². The predicted molar refractivity (Wildman–Crippen MR) is 63.0 cm³/mol. The number of carboxylic acids is 1. The number of aliphatic hydroxyl groups is 4. The van der Waals surface area contributed by atoms with Gasteiger partial charge in [0.2, 0.25) is 0 Å². The van der Waals surface area contributed by atoms with Gasteiger partial charge in [-0.2, -0.15) is 12.6 Å². The maximum atomic E-state index is 10.7. The Morgan fingerprint density at radius 2 is 1.82 bits per heavy atom. The Bertz CT molecular complexity index is 242. The van der Waals surface area contributed by atoms with Gasteiger partial charge in [0.15, 0.2) is 0 Å². The molecule has 5 atom stereocenters. The summed E-state index contributed by atoms with van der Waals surface area (Å²) >= 11 is 3.83. The van der Waals surface area contributed by atoms with Crippen LogP contribution in [0.1, 0.15) is 6.92 Å². The smallest absolute Gasteiger partial charge is 0.321 e. The van der Waals surface area contributed by atoms with Crippen LogP contribution in [-0.4, -0.2) is 74.3 Å². The molecule has 8 heteroatoms. The van der Waals surface area contributed by atoms with E-state index in [0.717, 1.165) is 0 Å².